The monoisotopic (exact) mass is 272 g/mol. The number of hydrogen-bond acceptors (Lipinski definition) is 2. The second-order valence-corrected chi connectivity index (χ2v) is 5.05. The summed E-state index contributed by atoms with van der Waals surface area (Å²) in [6.07, 6.45) is 5.61. The Labute approximate surface area is 116 Å². The van der Waals surface area contributed by atoms with Crippen LogP contribution in [0.5, 0.6) is 0 Å². The van der Waals surface area contributed by atoms with Crippen LogP contribution in [0.25, 0.3) is 0 Å². The van der Waals surface area contributed by atoms with Crippen LogP contribution in [-0.2, 0) is 17.6 Å². The second-order valence-electron chi connectivity index (χ2n) is 4.64. The minimum absolute atomic E-state index is 0.0714. The summed E-state index contributed by atoms with van der Waals surface area (Å²) in [4.78, 5) is 15.5. The normalized spacial score (nSPS) is 13.8. The van der Waals surface area contributed by atoms with Crippen molar-refractivity contribution in [1.82, 2.24) is 4.98 Å². The average Bonchev–Trinajstić information content (AvgIpc) is 2.43. The summed E-state index contributed by atoms with van der Waals surface area (Å²) in [6, 6.07) is 7.67. The number of carbonyl (C=O) groups is 1. The highest BCUT2D eigenvalue weighted by atomic mass is 35.5. The van der Waals surface area contributed by atoms with Crippen LogP contribution in [0.15, 0.2) is 36.7 Å². The minimum Gasteiger partial charge on any atom is -0.326 e. The molecule has 96 valence electrons. The molecule has 0 spiro atoms. The van der Waals surface area contributed by atoms with E-state index in [0.717, 1.165) is 40.2 Å². The number of halogens is 1. The molecule has 1 aliphatic heterocycles. The van der Waals surface area contributed by atoms with E-state index in [1.54, 1.807) is 6.20 Å². The number of rotatable bonds is 2. The molecule has 1 aliphatic rings. The first-order chi connectivity index (χ1) is 9.24. The van der Waals surface area contributed by atoms with E-state index in [9.17, 15) is 4.79 Å². The molecule has 3 nitrogen and oxygen atoms in total. The molecule has 1 amide bonds. The van der Waals surface area contributed by atoms with Crippen LogP contribution in [0, 0.1) is 0 Å². The molecule has 0 saturated heterocycles. The van der Waals surface area contributed by atoms with Crippen molar-refractivity contribution in [3.63, 3.8) is 0 Å². The van der Waals surface area contributed by atoms with Gasteiger partial charge in [0.1, 0.15) is 0 Å². The van der Waals surface area contributed by atoms with Crippen LogP contribution in [0.3, 0.4) is 0 Å². The SMILES string of the molecule is O=C1CCc2c(ccc(Cl)c2Cc2cccnc2)N1. The molecule has 2 heterocycles. The van der Waals surface area contributed by atoms with Gasteiger partial charge in [0.2, 0.25) is 5.91 Å². The topological polar surface area (TPSA) is 42.0 Å². The first-order valence-corrected chi connectivity index (χ1v) is 6.61. The van der Waals surface area contributed by atoms with Crippen molar-refractivity contribution in [3.05, 3.63) is 58.4 Å². The molecule has 1 N–H and O–H groups in total. The van der Waals surface area contributed by atoms with Crippen molar-refractivity contribution in [3.8, 4) is 0 Å². The number of carbonyl (C=O) groups excluding carboxylic acids is 1. The summed E-state index contributed by atoms with van der Waals surface area (Å²) in [7, 11) is 0. The lowest BCUT2D eigenvalue weighted by molar-refractivity contribution is -0.116. The van der Waals surface area contributed by atoms with Gasteiger partial charge in [-0.2, -0.15) is 0 Å². The van der Waals surface area contributed by atoms with E-state index in [2.05, 4.69) is 10.3 Å². The molecule has 0 unspecified atom stereocenters. The zero-order valence-corrected chi connectivity index (χ0v) is 11.1. The lowest BCUT2D eigenvalue weighted by atomic mass is 9.93. The third-order valence-electron chi connectivity index (χ3n) is 3.35. The Morgan fingerprint density at radius 1 is 1.26 bits per heavy atom. The van der Waals surface area contributed by atoms with Gasteiger partial charge in [-0.15, -0.1) is 0 Å². The lowest BCUT2D eigenvalue weighted by Gasteiger charge is -2.21. The van der Waals surface area contributed by atoms with E-state index in [1.165, 1.54) is 0 Å². The summed E-state index contributed by atoms with van der Waals surface area (Å²) in [5.74, 6) is 0.0714. The highest BCUT2D eigenvalue weighted by molar-refractivity contribution is 6.31. The highest BCUT2D eigenvalue weighted by Gasteiger charge is 2.19. The Balaban J connectivity index is 2.01. The second kappa shape index (κ2) is 5.02. The predicted octanol–water partition coefficient (Wildman–Crippen LogP) is 3.21. The summed E-state index contributed by atoms with van der Waals surface area (Å²) < 4.78 is 0. The molecule has 1 aromatic heterocycles. The van der Waals surface area contributed by atoms with Crippen LogP contribution < -0.4 is 5.32 Å². The number of amides is 1. The molecule has 0 saturated carbocycles. The lowest BCUT2D eigenvalue weighted by Crippen LogP contribution is -2.20. The molecule has 0 fully saturated rings. The molecule has 0 bridgehead atoms. The number of aromatic nitrogens is 1. The first-order valence-electron chi connectivity index (χ1n) is 6.23. The number of fused-ring (bicyclic) bond motifs is 1. The third kappa shape index (κ3) is 2.47. The first kappa shape index (κ1) is 12.2. The van der Waals surface area contributed by atoms with Crippen molar-refractivity contribution in [2.75, 3.05) is 5.32 Å². The van der Waals surface area contributed by atoms with Gasteiger partial charge in [0.25, 0.3) is 0 Å². The van der Waals surface area contributed by atoms with E-state index < -0.39 is 0 Å². The predicted molar refractivity (Wildman–Crippen MR) is 75.4 cm³/mol. The summed E-state index contributed by atoms with van der Waals surface area (Å²) in [5.41, 5.74) is 4.25. The molecule has 2 aromatic rings. The number of anilines is 1. The molecule has 1 aromatic carbocycles. The molecule has 3 rings (SSSR count). The summed E-state index contributed by atoms with van der Waals surface area (Å²) in [6.45, 7) is 0. The van der Waals surface area contributed by atoms with E-state index in [4.69, 9.17) is 11.6 Å². The maximum atomic E-state index is 11.4. The Kier molecular flexibility index (Phi) is 3.22. The maximum absolute atomic E-state index is 11.4. The van der Waals surface area contributed by atoms with E-state index >= 15 is 0 Å². The fourth-order valence-electron chi connectivity index (χ4n) is 2.42. The molecule has 19 heavy (non-hydrogen) atoms. The minimum atomic E-state index is 0.0714. The molecule has 0 radical (unpaired) electrons. The van der Waals surface area contributed by atoms with Gasteiger partial charge in [-0.3, -0.25) is 9.78 Å². The van der Waals surface area contributed by atoms with Gasteiger partial charge in [0, 0.05) is 35.9 Å². The highest BCUT2D eigenvalue weighted by Crippen LogP contribution is 2.32. The van der Waals surface area contributed by atoms with Gasteiger partial charge in [0.05, 0.1) is 0 Å². The van der Waals surface area contributed by atoms with Crippen LogP contribution in [-0.4, -0.2) is 10.9 Å². The van der Waals surface area contributed by atoms with Gasteiger partial charge in [0.15, 0.2) is 0 Å². The molecule has 4 heteroatoms. The number of nitrogens with one attached hydrogen (secondary N) is 1. The third-order valence-corrected chi connectivity index (χ3v) is 3.71. The maximum Gasteiger partial charge on any atom is 0.224 e. The van der Waals surface area contributed by atoms with Gasteiger partial charge in [-0.05, 0) is 41.3 Å². The quantitative estimate of drug-likeness (QED) is 0.912. The number of pyridine rings is 1. The average molecular weight is 273 g/mol. The van der Waals surface area contributed by atoms with E-state index in [1.807, 2.05) is 30.5 Å². The van der Waals surface area contributed by atoms with Crippen LogP contribution >= 0.6 is 11.6 Å². The standard InChI is InChI=1S/C15H13ClN2O/c16-13-4-5-14-11(3-6-15(19)18-14)12(13)8-10-2-1-7-17-9-10/h1-2,4-5,7,9H,3,6,8H2,(H,18,19). The molecular formula is C15H13ClN2O. The zero-order chi connectivity index (χ0) is 13.2. The number of nitrogens with zero attached hydrogens (tertiary/aromatic N) is 1. The molecular weight excluding hydrogens is 260 g/mol. The van der Waals surface area contributed by atoms with E-state index in [0.29, 0.717) is 6.42 Å². The Bertz CT molecular complexity index is 626. The fraction of sp³-hybridized carbons (Fsp3) is 0.200. The van der Waals surface area contributed by atoms with Gasteiger partial charge in [-0.25, -0.2) is 0 Å². The van der Waals surface area contributed by atoms with Crippen molar-refractivity contribution >= 4 is 23.2 Å². The van der Waals surface area contributed by atoms with Gasteiger partial charge in [-0.1, -0.05) is 17.7 Å². The Morgan fingerprint density at radius 3 is 2.95 bits per heavy atom. The van der Waals surface area contributed by atoms with Crippen LogP contribution in [0.1, 0.15) is 23.1 Å². The van der Waals surface area contributed by atoms with Crippen molar-refractivity contribution in [1.29, 1.82) is 0 Å². The van der Waals surface area contributed by atoms with Crippen LogP contribution in [0.2, 0.25) is 5.02 Å². The van der Waals surface area contributed by atoms with Crippen molar-refractivity contribution in [2.45, 2.75) is 19.3 Å². The molecule has 0 aliphatic carbocycles. The Morgan fingerprint density at radius 2 is 2.16 bits per heavy atom. The van der Waals surface area contributed by atoms with Crippen molar-refractivity contribution in [2.24, 2.45) is 0 Å². The fourth-order valence-corrected chi connectivity index (χ4v) is 2.66. The molecule has 0 atom stereocenters. The Hall–Kier alpha value is -1.87. The zero-order valence-electron chi connectivity index (χ0n) is 10.3. The number of hydrogen-bond donors (Lipinski definition) is 1. The van der Waals surface area contributed by atoms with Crippen molar-refractivity contribution < 1.29 is 4.79 Å². The largest absolute Gasteiger partial charge is 0.326 e. The number of benzene rings is 1. The summed E-state index contributed by atoms with van der Waals surface area (Å²) >= 11 is 6.31. The van der Waals surface area contributed by atoms with Gasteiger partial charge >= 0.3 is 0 Å². The van der Waals surface area contributed by atoms with E-state index in [-0.39, 0.29) is 5.91 Å². The van der Waals surface area contributed by atoms with Crippen LogP contribution in [0.4, 0.5) is 5.69 Å². The van der Waals surface area contributed by atoms with Gasteiger partial charge < -0.3 is 5.32 Å². The summed E-state index contributed by atoms with van der Waals surface area (Å²) in [5, 5.41) is 3.65. The smallest absolute Gasteiger partial charge is 0.224 e.